The van der Waals surface area contributed by atoms with Crippen LogP contribution in [-0.2, 0) is 4.79 Å². The first-order valence-corrected chi connectivity index (χ1v) is 7.93. The highest BCUT2D eigenvalue weighted by Gasteiger charge is 2.09. The third-order valence-corrected chi connectivity index (χ3v) is 4.04. The van der Waals surface area contributed by atoms with Gasteiger partial charge >= 0.3 is 0 Å². The van der Waals surface area contributed by atoms with Crippen LogP contribution in [0.25, 0.3) is 0 Å². The van der Waals surface area contributed by atoms with E-state index in [1.165, 1.54) is 6.20 Å². The minimum Gasteiger partial charge on any atom is -0.360 e. The topological polar surface area (TPSA) is 64.9 Å². The zero-order valence-electron chi connectivity index (χ0n) is 11.6. The number of anilines is 2. The summed E-state index contributed by atoms with van der Waals surface area (Å²) in [5.74, 6) is -0.512. The third-order valence-electron chi connectivity index (χ3n) is 2.77. The summed E-state index contributed by atoms with van der Waals surface area (Å²) in [6.45, 7) is 0. The number of benzene rings is 2. The maximum atomic E-state index is 12.1. The summed E-state index contributed by atoms with van der Waals surface area (Å²) in [5.41, 5.74) is 1.14. The molecule has 0 aliphatic rings. The standard InChI is InChI=1S/C16H10BrCl2N3O/c17-11-1-3-12(4-2-11)22-16(23)10(8-20)9-21-13-5-6-14(18)15(19)7-13/h1-7,9,21H,(H,22,23)/b10-9-. The Morgan fingerprint density at radius 2 is 1.74 bits per heavy atom. The summed E-state index contributed by atoms with van der Waals surface area (Å²) in [6, 6.07) is 13.8. The van der Waals surface area contributed by atoms with Gasteiger partial charge in [-0.2, -0.15) is 5.26 Å². The Morgan fingerprint density at radius 1 is 1.09 bits per heavy atom. The molecule has 0 saturated heterocycles. The molecular weight excluding hydrogens is 401 g/mol. The average molecular weight is 411 g/mol. The first-order valence-electron chi connectivity index (χ1n) is 6.38. The number of carbonyl (C=O) groups is 1. The molecule has 0 fully saturated rings. The Balaban J connectivity index is 2.08. The molecule has 0 aromatic heterocycles. The fourth-order valence-corrected chi connectivity index (χ4v) is 2.18. The van der Waals surface area contributed by atoms with Gasteiger partial charge in [0.25, 0.3) is 5.91 Å². The predicted molar refractivity (Wildman–Crippen MR) is 96.6 cm³/mol. The van der Waals surface area contributed by atoms with Crippen LogP contribution in [-0.4, -0.2) is 5.91 Å². The molecule has 0 atom stereocenters. The van der Waals surface area contributed by atoms with Crippen LogP contribution in [0.4, 0.5) is 11.4 Å². The number of nitrogens with one attached hydrogen (secondary N) is 2. The summed E-state index contributed by atoms with van der Waals surface area (Å²) in [5, 5.41) is 15.4. The molecule has 0 saturated carbocycles. The van der Waals surface area contributed by atoms with E-state index in [2.05, 4.69) is 26.6 Å². The van der Waals surface area contributed by atoms with Crippen LogP contribution in [0, 0.1) is 11.3 Å². The van der Waals surface area contributed by atoms with Gasteiger partial charge < -0.3 is 10.6 Å². The molecule has 0 bridgehead atoms. The molecule has 2 rings (SSSR count). The smallest absolute Gasteiger partial charge is 0.267 e. The quantitative estimate of drug-likeness (QED) is 0.536. The molecule has 116 valence electrons. The number of amides is 1. The number of hydrogen-bond donors (Lipinski definition) is 2. The van der Waals surface area contributed by atoms with Gasteiger partial charge in [0.2, 0.25) is 0 Å². The molecule has 0 radical (unpaired) electrons. The number of rotatable bonds is 4. The van der Waals surface area contributed by atoms with Crippen LogP contribution in [0.5, 0.6) is 0 Å². The first kappa shape index (κ1) is 17.4. The van der Waals surface area contributed by atoms with Crippen molar-refractivity contribution in [3.8, 4) is 6.07 Å². The zero-order chi connectivity index (χ0) is 16.8. The molecule has 4 nitrogen and oxygen atoms in total. The second-order valence-electron chi connectivity index (χ2n) is 4.40. The second kappa shape index (κ2) is 8.02. The van der Waals surface area contributed by atoms with Crippen LogP contribution in [0.15, 0.2) is 58.7 Å². The molecule has 1 amide bonds. The molecule has 0 spiro atoms. The molecule has 2 aromatic rings. The minimum atomic E-state index is -0.512. The lowest BCUT2D eigenvalue weighted by Crippen LogP contribution is -2.14. The average Bonchev–Trinajstić information content (AvgIpc) is 2.53. The van der Waals surface area contributed by atoms with Crippen LogP contribution in [0.3, 0.4) is 0 Å². The van der Waals surface area contributed by atoms with E-state index in [9.17, 15) is 4.79 Å². The molecule has 0 heterocycles. The molecule has 2 N–H and O–H groups in total. The Labute approximate surface area is 151 Å². The number of halogens is 3. The van der Waals surface area contributed by atoms with Gasteiger partial charge in [-0.05, 0) is 42.5 Å². The van der Waals surface area contributed by atoms with E-state index in [0.717, 1.165) is 4.47 Å². The first-order chi connectivity index (χ1) is 11.0. The van der Waals surface area contributed by atoms with E-state index in [0.29, 0.717) is 21.4 Å². The van der Waals surface area contributed by atoms with Gasteiger partial charge in [-0.3, -0.25) is 4.79 Å². The highest BCUT2D eigenvalue weighted by molar-refractivity contribution is 9.10. The Bertz CT molecular complexity index is 798. The molecule has 23 heavy (non-hydrogen) atoms. The maximum absolute atomic E-state index is 12.1. The van der Waals surface area contributed by atoms with E-state index in [1.54, 1.807) is 42.5 Å². The molecule has 0 aliphatic heterocycles. The third kappa shape index (κ3) is 5.00. The summed E-state index contributed by atoms with van der Waals surface area (Å²) in [7, 11) is 0. The highest BCUT2D eigenvalue weighted by Crippen LogP contribution is 2.25. The van der Waals surface area contributed by atoms with Gasteiger partial charge in [-0.25, -0.2) is 0 Å². The lowest BCUT2D eigenvalue weighted by molar-refractivity contribution is -0.112. The van der Waals surface area contributed by atoms with E-state index in [4.69, 9.17) is 28.5 Å². The predicted octanol–water partition coefficient (Wildman–Crippen LogP) is 5.21. The van der Waals surface area contributed by atoms with Crippen molar-refractivity contribution in [2.45, 2.75) is 0 Å². The van der Waals surface area contributed by atoms with E-state index in [1.807, 2.05) is 6.07 Å². The fourth-order valence-electron chi connectivity index (χ4n) is 1.62. The van der Waals surface area contributed by atoms with Crippen molar-refractivity contribution in [1.29, 1.82) is 5.26 Å². The van der Waals surface area contributed by atoms with Gasteiger partial charge in [0.1, 0.15) is 11.6 Å². The maximum Gasteiger partial charge on any atom is 0.267 e. The largest absolute Gasteiger partial charge is 0.360 e. The Hall–Kier alpha value is -2.00. The van der Waals surface area contributed by atoms with Crippen LogP contribution >= 0.6 is 39.1 Å². The van der Waals surface area contributed by atoms with Crippen molar-refractivity contribution in [3.05, 3.63) is 68.8 Å². The number of hydrogen-bond acceptors (Lipinski definition) is 3. The van der Waals surface area contributed by atoms with Gasteiger partial charge in [0.15, 0.2) is 0 Å². The van der Waals surface area contributed by atoms with Crippen molar-refractivity contribution in [2.24, 2.45) is 0 Å². The molecular formula is C16H10BrCl2N3O. The Morgan fingerprint density at radius 3 is 2.35 bits per heavy atom. The van der Waals surface area contributed by atoms with Crippen molar-refractivity contribution in [2.75, 3.05) is 10.6 Å². The monoisotopic (exact) mass is 409 g/mol. The van der Waals surface area contributed by atoms with Crippen LogP contribution in [0.1, 0.15) is 0 Å². The summed E-state index contributed by atoms with van der Waals surface area (Å²) in [4.78, 5) is 12.1. The fraction of sp³-hybridized carbons (Fsp3) is 0. The van der Waals surface area contributed by atoms with E-state index < -0.39 is 5.91 Å². The normalized spacial score (nSPS) is 10.8. The number of carbonyl (C=O) groups excluding carboxylic acids is 1. The summed E-state index contributed by atoms with van der Waals surface area (Å²) >= 11 is 15.0. The van der Waals surface area contributed by atoms with E-state index >= 15 is 0 Å². The van der Waals surface area contributed by atoms with Crippen molar-refractivity contribution in [1.82, 2.24) is 0 Å². The highest BCUT2D eigenvalue weighted by atomic mass is 79.9. The summed E-state index contributed by atoms with van der Waals surface area (Å²) in [6.07, 6.45) is 1.31. The van der Waals surface area contributed by atoms with Crippen LogP contribution in [0.2, 0.25) is 10.0 Å². The van der Waals surface area contributed by atoms with E-state index in [-0.39, 0.29) is 5.57 Å². The van der Waals surface area contributed by atoms with Crippen molar-refractivity contribution in [3.63, 3.8) is 0 Å². The SMILES string of the molecule is N#C/C(=C/Nc1ccc(Cl)c(Cl)c1)C(=O)Nc1ccc(Br)cc1. The lowest BCUT2D eigenvalue weighted by Gasteiger charge is -2.06. The Kier molecular flexibility index (Phi) is 6.05. The zero-order valence-corrected chi connectivity index (χ0v) is 14.7. The van der Waals surface area contributed by atoms with Gasteiger partial charge in [0, 0.05) is 22.0 Å². The molecule has 0 aliphatic carbocycles. The number of nitriles is 1. The van der Waals surface area contributed by atoms with Gasteiger partial charge in [-0.1, -0.05) is 39.1 Å². The number of nitrogens with zero attached hydrogens (tertiary/aromatic N) is 1. The molecule has 7 heteroatoms. The van der Waals surface area contributed by atoms with Crippen LogP contribution < -0.4 is 10.6 Å². The van der Waals surface area contributed by atoms with Gasteiger partial charge in [0.05, 0.1) is 10.0 Å². The van der Waals surface area contributed by atoms with Crippen molar-refractivity contribution < 1.29 is 4.79 Å². The minimum absolute atomic E-state index is 0.0704. The molecule has 2 aromatic carbocycles. The second-order valence-corrected chi connectivity index (χ2v) is 6.13. The lowest BCUT2D eigenvalue weighted by atomic mass is 10.2. The molecule has 0 unspecified atom stereocenters. The summed E-state index contributed by atoms with van der Waals surface area (Å²) < 4.78 is 0.896. The van der Waals surface area contributed by atoms with Gasteiger partial charge in [-0.15, -0.1) is 0 Å². The van der Waals surface area contributed by atoms with Crippen molar-refractivity contribution >= 4 is 56.4 Å².